The average molecular weight is 265 g/mol. The minimum absolute atomic E-state index is 0.0404. The molecule has 0 aliphatic carbocycles. The molecule has 0 fully saturated rings. The first kappa shape index (κ1) is 13.4. The Labute approximate surface area is 110 Å². The lowest BCUT2D eigenvalue weighted by Crippen LogP contribution is -2.39. The van der Waals surface area contributed by atoms with E-state index in [0.717, 1.165) is 11.0 Å². The molecule has 0 amide bonds. The Morgan fingerprint density at radius 2 is 1.95 bits per heavy atom. The highest BCUT2D eigenvalue weighted by Gasteiger charge is 2.20. The summed E-state index contributed by atoms with van der Waals surface area (Å²) < 4.78 is 4.29. The first-order chi connectivity index (χ1) is 8.93. The summed E-state index contributed by atoms with van der Waals surface area (Å²) in [6.07, 6.45) is 0.770. The highest BCUT2D eigenvalue weighted by atomic mass is 16.2. The lowest BCUT2D eigenvalue weighted by molar-refractivity contribution is 0.499. The van der Waals surface area contributed by atoms with Gasteiger partial charge in [0.2, 0.25) is 5.95 Å². The molecule has 2 rings (SSSR count). The molecule has 0 saturated carbocycles. The molecule has 0 aliphatic heterocycles. The van der Waals surface area contributed by atoms with Crippen molar-refractivity contribution in [3.05, 3.63) is 20.8 Å². The van der Waals surface area contributed by atoms with E-state index >= 15 is 0 Å². The van der Waals surface area contributed by atoms with E-state index in [2.05, 4.69) is 4.98 Å². The fourth-order valence-electron chi connectivity index (χ4n) is 2.23. The lowest BCUT2D eigenvalue weighted by Gasteiger charge is -2.14. The molecular formula is C12H19N5O2. The van der Waals surface area contributed by atoms with E-state index in [1.54, 1.807) is 9.13 Å². The molecule has 1 unspecified atom stereocenters. The molecule has 7 nitrogen and oxygen atoms in total. The molecule has 19 heavy (non-hydrogen) atoms. The molecule has 0 aromatic carbocycles. The first-order valence-electron chi connectivity index (χ1n) is 6.41. The zero-order chi connectivity index (χ0) is 14.3. The summed E-state index contributed by atoms with van der Waals surface area (Å²) >= 11 is 0. The fourth-order valence-corrected chi connectivity index (χ4v) is 2.23. The van der Waals surface area contributed by atoms with Gasteiger partial charge in [-0.3, -0.25) is 13.9 Å². The zero-order valence-corrected chi connectivity index (χ0v) is 11.7. The standard InChI is InChI=1S/C12H19N5O2/c1-5-7(3)17-9-8(10(18)15(4)12(17)19)16(6-2)11(13)14-9/h7H,5-6H2,1-4H3,(H2,13,14). The van der Waals surface area contributed by atoms with E-state index in [4.69, 9.17) is 5.73 Å². The number of fused-ring (bicyclic) bond motifs is 1. The van der Waals surface area contributed by atoms with Crippen LogP contribution in [0.15, 0.2) is 9.59 Å². The van der Waals surface area contributed by atoms with Gasteiger partial charge < -0.3 is 10.3 Å². The van der Waals surface area contributed by atoms with Crippen LogP contribution >= 0.6 is 0 Å². The Kier molecular flexibility index (Phi) is 3.21. The van der Waals surface area contributed by atoms with Crippen molar-refractivity contribution in [1.29, 1.82) is 0 Å². The molecule has 104 valence electrons. The van der Waals surface area contributed by atoms with Crippen LogP contribution in [0.3, 0.4) is 0 Å². The van der Waals surface area contributed by atoms with E-state index in [1.807, 2.05) is 20.8 Å². The van der Waals surface area contributed by atoms with Crippen molar-refractivity contribution in [3.8, 4) is 0 Å². The number of hydrogen-bond donors (Lipinski definition) is 1. The van der Waals surface area contributed by atoms with Crippen molar-refractivity contribution >= 4 is 17.1 Å². The summed E-state index contributed by atoms with van der Waals surface area (Å²) in [5.74, 6) is 0.261. The average Bonchev–Trinajstić information content (AvgIpc) is 2.72. The quantitative estimate of drug-likeness (QED) is 0.873. The molecule has 0 bridgehead atoms. The van der Waals surface area contributed by atoms with Gasteiger partial charge in [0.1, 0.15) is 0 Å². The molecule has 0 aliphatic rings. The Morgan fingerprint density at radius 3 is 2.47 bits per heavy atom. The number of nitrogens with zero attached hydrogens (tertiary/aromatic N) is 4. The van der Waals surface area contributed by atoms with Gasteiger partial charge in [-0.25, -0.2) is 4.79 Å². The molecule has 0 radical (unpaired) electrons. The second-order valence-electron chi connectivity index (χ2n) is 4.66. The molecule has 2 heterocycles. The van der Waals surface area contributed by atoms with Crippen LogP contribution in [0.1, 0.15) is 33.2 Å². The predicted octanol–water partition coefficient (Wildman–Crippen LogP) is 0.470. The second kappa shape index (κ2) is 4.56. The second-order valence-corrected chi connectivity index (χ2v) is 4.66. The predicted molar refractivity (Wildman–Crippen MR) is 74.3 cm³/mol. The fraction of sp³-hybridized carbons (Fsp3) is 0.583. The summed E-state index contributed by atoms with van der Waals surface area (Å²) in [6.45, 7) is 6.33. The van der Waals surface area contributed by atoms with Crippen LogP contribution in [0.4, 0.5) is 5.95 Å². The summed E-state index contributed by atoms with van der Waals surface area (Å²) in [5, 5.41) is 0. The molecule has 2 aromatic rings. The third-order valence-electron chi connectivity index (χ3n) is 3.55. The summed E-state index contributed by atoms with van der Waals surface area (Å²) in [7, 11) is 1.48. The van der Waals surface area contributed by atoms with Crippen molar-refractivity contribution in [2.45, 2.75) is 39.8 Å². The van der Waals surface area contributed by atoms with E-state index in [-0.39, 0.29) is 23.2 Å². The number of hydrogen-bond acceptors (Lipinski definition) is 4. The van der Waals surface area contributed by atoms with Crippen molar-refractivity contribution in [3.63, 3.8) is 0 Å². The van der Waals surface area contributed by atoms with Gasteiger partial charge in [0.05, 0.1) is 0 Å². The molecular weight excluding hydrogens is 246 g/mol. The van der Waals surface area contributed by atoms with Gasteiger partial charge in [0, 0.05) is 19.6 Å². The Bertz CT molecular complexity index is 737. The van der Waals surface area contributed by atoms with E-state index < -0.39 is 0 Å². The van der Waals surface area contributed by atoms with E-state index in [1.165, 1.54) is 7.05 Å². The topological polar surface area (TPSA) is 87.8 Å². The largest absolute Gasteiger partial charge is 0.369 e. The number of rotatable bonds is 3. The van der Waals surface area contributed by atoms with Gasteiger partial charge in [-0.1, -0.05) is 6.92 Å². The Balaban J connectivity index is 3.06. The maximum atomic E-state index is 12.2. The van der Waals surface area contributed by atoms with Gasteiger partial charge in [0.15, 0.2) is 11.2 Å². The molecule has 2 N–H and O–H groups in total. The summed E-state index contributed by atoms with van der Waals surface area (Å²) in [4.78, 5) is 28.7. The van der Waals surface area contributed by atoms with Crippen molar-refractivity contribution in [2.24, 2.45) is 7.05 Å². The van der Waals surface area contributed by atoms with Gasteiger partial charge in [-0.15, -0.1) is 0 Å². The molecule has 7 heteroatoms. The normalized spacial score (nSPS) is 13.1. The molecule has 2 aromatic heterocycles. The first-order valence-corrected chi connectivity index (χ1v) is 6.41. The minimum Gasteiger partial charge on any atom is -0.369 e. The maximum Gasteiger partial charge on any atom is 0.332 e. The molecule has 0 spiro atoms. The third kappa shape index (κ3) is 1.76. The van der Waals surface area contributed by atoms with Crippen LogP contribution in [0.2, 0.25) is 0 Å². The van der Waals surface area contributed by atoms with Crippen LogP contribution in [0.25, 0.3) is 11.2 Å². The Morgan fingerprint density at radius 1 is 1.32 bits per heavy atom. The smallest absolute Gasteiger partial charge is 0.332 e. The van der Waals surface area contributed by atoms with Crippen LogP contribution in [-0.2, 0) is 13.6 Å². The SMILES string of the molecule is CCC(C)n1c(=O)n(C)c(=O)c2c1nc(N)n2CC. The maximum absolute atomic E-state index is 12.2. The Hall–Kier alpha value is -2.05. The van der Waals surface area contributed by atoms with E-state index in [0.29, 0.717) is 17.7 Å². The van der Waals surface area contributed by atoms with Gasteiger partial charge in [-0.2, -0.15) is 4.98 Å². The zero-order valence-electron chi connectivity index (χ0n) is 11.7. The number of aryl methyl sites for hydroxylation is 1. The van der Waals surface area contributed by atoms with Gasteiger partial charge in [0.25, 0.3) is 5.56 Å². The molecule has 1 atom stereocenters. The van der Waals surface area contributed by atoms with E-state index in [9.17, 15) is 9.59 Å². The number of nitrogens with two attached hydrogens (primary N) is 1. The monoisotopic (exact) mass is 265 g/mol. The lowest BCUT2D eigenvalue weighted by atomic mass is 10.2. The summed E-state index contributed by atoms with van der Waals surface area (Å²) in [5.41, 5.74) is 5.89. The number of nitrogen functional groups attached to an aromatic ring is 1. The third-order valence-corrected chi connectivity index (χ3v) is 3.55. The molecule has 0 saturated heterocycles. The van der Waals surface area contributed by atoms with Crippen molar-refractivity contribution in [1.82, 2.24) is 18.7 Å². The van der Waals surface area contributed by atoms with Crippen LogP contribution in [0, 0.1) is 0 Å². The number of anilines is 1. The van der Waals surface area contributed by atoms with Gasteiger partial charge >= 0.3 is 5.69 Å². The highest BCUT2D eigenvalue weighted by Crippen LogP contribution is 2.17. The summed E-state index contributed by atoms with van der Waals surface area (Å²) in [6, 6.07) is -0.0404. The van der Waals surface area contributed by atoms with Gasteiger partial charge in [-0.05, 0) is 20.3 Å². The minimum atomic E-state index is -0.356. The van der Waals surface area contributed by atoms with Crippen LogP contribution in [-0.4, -0.2) is 18.7 Å². The highest BCUT2D eigenvalue weighted by molar-refractivity contribution is 5.73. The van der Waals surface area contributed by atoms with Crippen LogP contribution in [0.5, 0.6) is 0 Å². The number of aromatic nitrogens is 4. The number of imidazole rings is 1. The van der Waals surface area contributed by atoms with Crippen molar-refractivity contribution < 1.29 is 0 Å². The van der Waals surface area contributed by atoms with Crippen LogP contribution < -0.4 is 17.0 Å². The van der Waals surface area contributed by atoms with Crippen molar-refractivity contribution in [2.75, 3.05) is 5.73 Å².